The van der Waals surface area contributed by atoms with Gasteiger partial charge in [-0.1, -0.05) is 0 Å². The van der Waals surface area contributed by atoms with E-state index in [0.717, 1.165) is 11.5 Å². The summed E-state index contributed by atoms with van der Waals surface area (Å²) in [7, 11) is 0. The fraction of sp³-hybridized carbons (Fsp3) is 1.00. The Morgan fingerprint density at radius 3 is 1.50 bits per heavy atom. The van der Waals surface area contributed by atoms with Crippen LogP contribution in [-0.4, -0.2) is 60.6 Å². The van der Waals surface area contributed by atoms with E-state index in [4.69, 9.17) is 14.6 Å². The van der Waals surface area contributed by atoms with Crippen LogP contribution in [0, 0.1) is 0 Å². The molecule has 0 bridgehead atoms. The highest BCUT2D eigenvalue weighted by Crippen LogP contribution is 1.93. The van der Waals surface area contributed by atoms with Crippen LogP contribution in [0.1, 0.15) is 0 Å². The number of ether oxygens (including phenoxy) is 2. The lowest BCUT2D eigenvalue weighted by Crippen LogP contribution is -2.07. The van der Waals surface area contributed by atoms with Gasteiger partial charge in [-0.3, -0.25) is 0 Å². The van der Waals surface area contributed by atoms with E-state index >= 15 is 0 Å². The molecule has 0 fully saturated rings. The van der Waals surface area contributed by atoms with Gasteiger partial charge in [0, 0.05) is 22.5 Å². The molecule has 16 heavy (non-hydrogen) atoms. The van der Waals surface area contributed by atoms with Gasteiger partial charge in [0.2, 0.25) is 0 Å². The molecule has 0 aliphatic heterocycles. The van der Waals surface area contributed by atoms with Gasteiger partial charge in [-0.05, 0) is 0 Å². The van der Waals surface area contributed by atoms with Gasteiger partial charge in [0.25, 0.3) is 0 Å². The first kappa shape index (κ1) is 19.6. The quantitative estimate of drug-likeness (QED) is 0.327. The minimum atomic E-state index is 0.0494. The summed E-state index contributed by atoms with van der Waals surface area (Å²) < 4.78 is 10.2. The Kier molecular flexibility index (Phi) is 22.9. The molecule has 1 unspecified atom stereocenters. The van der Waals surface area contributed by atoms with Crippen molar-refractivity contribution in [2.75, 3.05) is 50.3 Å². The van der Waals surface area contributed by atoms with Crippen molar-refractivity contribution in [3.05, 3.63) is 0 Å². The molecule has 0 heterocycles. The van der Waals surface area contributed by atoms with E-state index in [1.165, 1.54) is 0 Å². The Labute approximate surface area is 120 Å². The minimum absolute atomic E-state index is 0.0494. The van der Waals surface area contributed by atoms with Crippen molar-refractivity contribution in [1.29, 1.82) is 0 Å². The Bertz CT molecular complexity index is 107. The molecule has 100 valence electrons. The molecule has 0 saturated carbocycles. The SMILES string of the molecule is OCC(S)CS.SCCOCCOCCS. The van der Waals surface area contributed by atoms with Crippen molar-refractivity contribution in [2.45, 2.75) is 5.25 Å². The number of rotatable bonds is 9. The van der Waals surface area contributed by atoms with E-state index in [1.54, 1.807) is 0 Å². The molecule has 0 radical (unpaired) electrons. The highest BCUT2D eigenvalue weighted by molar-refractivity contribution is 7.84. The molecule has 0 amide bonds. The van der Waals surface area contributed by atoms with Gasteiger partial charge in [0.05, 0.1) is 33.0 Å². The summed E-state index contributed by atoms with van der Waals surface area (Å²) in [5.41, 5.74) is 0. The monoisotopic (exact) mass is 306 g/mol. The predicted molar refractivity (Wildman–Crippen MR) is 83.1 cm³/mol. The Morgan fingerprint density at radius 1 is 0.875 bits per heavy atom. The third kappa shape index (κ3) is 20.7. The summed E-state index contributed by atoms with van der Waals surface area (Å²) in [5, 5.41) is 8.26. The molecule has 0 aliphatic rings. The van der Waals surface area contributed by atoms with Crippen LogP contribution in [0.4, 0.5) is 0 Å². The van der Waals surface area contributed by atoms with E-state index in [1.807, 2.05) is 0 Å². The Balaban J connectivity index is 0. The van der Waals surface area contributed by atoms with E-state index < -0.39 is 0 Å². The van der Waals surface area contributed by atoms with E-state index in [0.29, 0.717) is 32.2 Å². The number of aliphatic hydroxyl groups excluding tert-OH is 1. The smallest absolute Gasteiger partial charge is 0.0700 e. The first-order valence-corrected chi connectivity index (χ1v) is 7.41. The summed E-state index contributed by atoms with van der Waals surface area (Å²) >= 11 is 15.7. The maximum Gasteiger partial charge on any atom is 0.0700 e. The molecule has 0 aromatic carbocycles. The van der Waals surface area contributed by atoms with E-state index in [9.17, 15) is 0 Å². The lowest BCUT2D eigenvalue weighted by Gasteiger charge is -2.01. The van der Waals surface area contributed by atoms with Crippen LogP contribution in [0.15, 0.2) is 0 Å². The topological polar surface area (TPSA) is 38.7 Å². The molecule has 0 spiro atoms. The Morgan fingerprint density at radius 2 is 1.31 bits per heavy atom. The lowest BCUT2D eigenvalue weighted by atomic mass is 10.5. The molecule has 1 N–H and O–H groups in total. The third-order valence-electron chi connectivity index (χ3n) is 1.26. The second-order valence-corrected chi connectivity index (χ2v) is 4.68. The first-order valence-electron chi connectivity index (χ1n) is 4.99. The van der Waals surface area contributed by atoms with Crippen LogP contribution in [0.25, 0.3) is 0 Å². The van der Waals surface area contributed by atoms with Gasteiger partial charge in [-0.15, -0.1) is 0 Å². The maximum atomic E-state index is 8.21. The maximum absolute atomic E-state index is 8.21. The Hall–Kier alpha value is 1.28. The minimum Gasteiger partial charge on any atom is -0.395 e. The van der Waals surface area contributed by atoms with Crippen molar-refractivity contribution >= 4 is 50.5 Å². The van der Waals surface area contributed by atoms with Crippen LogP contribution in [0.2, 0.25) is 0 Å². The first-order chi connectivity index (χ1) is 7.72. The average Bonchev–Trinajstić information content (AvgIpc) is 2.33. The van der Waals surface area contributed by atoms with Gasteiger partial charge in [0.15, 0.2) is 0 Å². The summed E-state index contributed by atoms with van der Waals surface area (Å²) in [6.07, 6.45) is 0. The molecule has 0 aliphatic carbocycles. The fourth-order valence-corrected chi connectivity index (χ4v) is 0.882. The molecule has 0 aromatic heterocycles. The van der Waals surface area contributed by atoms with Crippen LogP contribution in [0.3, 0.4) is 0 Å². The van der Waals surface area contributed by atoms with Crippen LogP contribution >= 0.6 is 50.5 Å². The molecule has 3 nitrogen and oxygen atoms in total. The highest BCUT2D eigenvalue weighted by atomic mass is 32.1. The van der Waals surface area contributed by atoms with Crippen LogP contribution in [0.5, 0.6) is 0 Å². The largest absolute Gasteiger partial charge is 0.395 e. The van der Waals surface area contributed by atoms with Gasteiger partial charge in [-0.2, -0.15) is 50.5 Å². The second kappa shape index (κ2) is 18.6. The predicted octanol–water partition coefficient (Wildman–Crippen LogP) is 1.09. The lowest BCUT2D eigenvalue weighted by molar-refractivity contribution is 0.0606. The van der Waals surface area contributed by atoms with Crippen molar-refractivity contribution in [2.24, 2.45) is 0 Å². The molecule has 0 aromatic rings. The molecule has 0 saturated heterocycles. The van der Waals surface area contributed by atoms with Gasteiger partial charge >= 0.3 is 0 Å². The van der Waals surface area contributed by atoms with E-state index in [2.05, 4.69) is 50.5 Å². The standard InChI is InChI=1S/C6H14O2S2.C3H8OS2/c9-5-3-7-1-2-8-4-6-10;4-1-3(6)2-5/h9-10H,1-6H2;3-6H,1-2H2. The van der Waals surface area contributed by atoms with Crippen molar-refractivity contribution in [3.8, 4) is 0 Å². The van der Waals surface area contributed by atoms with Crippen molar-refractivity contribution in [1.82, 2.24) is 0 Å². The molecule has 1 atom stereocenters. The molecule has 0 rings (SSSR count). The third-order valence-corrected chi connectivity index (χ3v) is 2.70. The fourth-order valence-electron chi connectivity index (χ4n) is 0.509. The zero-order chi connectivity index (χ0) is 12.6. The highest BCUT2D eigenvalue weighted by Gasteiger charge is 1.92. The van der Waals surface area contributed by atoms with Crippen molar-refractivity contribution in [3.63, 3.8) is 0 Å². The normalized spacial score (nSPS) is 11.8. The molecular weight excluding hydrogens is 284 g/mol. The van der Waals surface area contributed by atoms with Crippen molar-refractivity contribution < 1.29 is 14.6 Å². The summed E-state index contributed by atoms with van der Waals surface area (Å²) in [6, 6.07) is 0. The van der Waals surface area contributed by atoms with Gasteiger partial charge < -0.3 is 14.6 Å². The molecule has 7 heteroatoms. The van der Waals surface area contributed by atoms with Gasteiger partial charge in [0.1, 0.15) is 0 Å². The zero-order valence-corrected chi connectivity index (χ0v) is 12.9. The van der Waals surface area contributed by atoms with Crippen LogP contribution < -0.4 is 0 Å². The summed E-state index contributed by atoms with van der Waals surface area (Å²) in [5.74, 6) is 2.18. The average molecular weight is 307 g/mol. The summed E-state index contributed by atoms with van der Waals surface area (Å²) in [6.45, 7) is 2.84. The van der Waals surface area contributed by atoms with E-state index in [-0.39, 0.29) is 11.9 Å². The number of hydrogen-bond donors (Lipinski definition) is 5. The molecular formula is C9H22O3S4. The summed E-state index contributed by atoms with van der Waals surface area (Å²) in [4.78, 5) is 0. The second-order valence-electron chi connectivity index (χ2n) is 2.69. The number of hydrogen-bond acceptors (Lipinski definition) is 7. The van der Waals surface area contributed by atoms with Crippen LogP contribution in [-0.2, 0) is 9.47 Å². The number of aliphatic hydroxyl groups is 1. The van der Waals surface area contributed by atoms with Gasteiger partial charge in [-0.25, -0.2) is 0 Å². The zero-order valence-electron chi connectivity index (χ0n) is 9.29. The number of thiol groups is 4.